The van der Waals surface area contributed by atoms with Gasteiger partial charge in [0, 0.05) is 18.1 Å². The van der Waals surface area contributed by atoms with Crippen LogP contribution >= 0.6 is 12.6 Å². The minimum atomic E-state index is -0.378. The third-order valence-corrected chi connectivity index (χ3v) is 5.36. The number of nitrogens with one attached hydrogen (secondary N) is 1. The molecule has 1 atom stereocenters. The summed E-state index contributed by atoms with van der Waals surface area (Å²) in [4.78, 5) is 21.3. The summed E-state index contributed by atoms with van der Waals surface area (Å²) < 4.78 is 0. The van der Waals surface area contributed by atoms with Gasteiger partial charge in [-0.2, -0.15) is 12.6 Å². The van der Waals surface area contributed by atoms with Crippen LogP contribution in [0, 0.1) is 0 Å². The SMILES string of the molecule is Nc1cc(C(S)c2ncccc2C(=O)Nc2ccc3c(c2)CCC3)ccn1. The molecule has 4 rings (SSSR count). The van der Waals surface area contributed by atoms with Crippen LogP contribution in [-0.4, -0.2) is 15.9 Å². The Morgan fingerprint density at radius 1 is 1.07 bits per heavy atom. The second kappa shape index (κ2) is 7.40. The maximum atomic E-state index is 12.9. The van der Waals surface area contributed by atoms with E-state index < -0.39 is 0 Å². The Labute approximate surface area is 163 Å². The Balaban J connectivity index is 1.61. The van der Waals surface area contributed by atoms with E-state index in [1.165, 1.54) is 17.5 Å². The van der Waals surface area contributed by atoms with Crippen LogP contribution in [0.5, 0.6) is 0 Å². The highest BCUT2D eigenvalue weighted by Gasteiger charge is 2.20. The predicted octanol–water partition coefficient (Wildman–Crippen LogP) is 3.82. The smallest absolute Gasteiger partial charge is 0.257 e. The molecule has 2 heterocycles. The van der Waals surface area contributed by atoms with E-state index in [1.54, 1.807) is 30.6 Å². The molecule has 0 spiro atoms. The zero-order chi connectivity index (χ0) is 18.8. The van der Waals surface area contributed by atoms with E-state index in [9.17, 15) is 4.79 Å². The van der Waals surface area contributed by atoms with Gasteiger partial charge in [0.25, 0.3) is 5.91 Å². The number of aromatic nitrogens is 2. The van der Waals surface area contributed by atoms with Gasteiger partial charge in [0.15, 0.2) is 0 Å². The van der Waals surface area contributed by atoms with Crippen molar-refractivity contribution < 1.29 is 4.79 Å². The molecule has 0 bridgehead atoms. The Hall–Kier alpha value is -2.86. The van der Waals surface area contributed by atoms with Crippen molar-refractivity contribution in [2.45, 2.75) is 24.5 Å². The molecule has 0 radical (unpaired) electrons. The number of hydrogen-bond donors (Lipinski definition) is 3. The zero-order valence-corrected chi connectivity index (χ0v) is 15.6. The number of carbonyl (C=O) groups is 1. The molecule has 2 aromatic heterocycles. The maximum absolute atomic E-state index is 12.9. The summed E-state index contributed by atoms with van der Waals surface area (Å²) in [6.45, 7) is 0. The number of nitrogens with two attached hydrogens (primary N) is 1. The second-order valence-electron chi connectivity index (χ2n) is 6.64. The minimum absolute atomic E-state index is 0.197. The van der Waals surface area contributed by atoms with Crippen LogP contribution in [0.3, 0.4) is 0 Å². The van der Waals surface area contributed by atoms with Gasteiger partial charge in [-0.1, -0.05) is 6.07 Å². The van der Waals surface area contributed by atoms with Gasteiger partial charge >= 0.3 is 0 Å². The number of nitrogen functional groups attached to an aromatic ring is 1. The van der Waals surface area contributed by atoms with Crippen LogP contribution in [0.15, 0.2) is 54.9 Å². The summed E-state index contributed by atoms with van der Waals surface area (Å²) in [5.74, 6) is 0.212. The minimum Gasteiger partial charge on any atom is -0.384 e. The van der Waals surface area contributed by atoms with E-state index in [1.807, 2.05) is 12.1 Å². The fourth-order valence-corrected chi connectivity index (χ4v) is 3.84. The largest absolute Gasteiger partial charge is 0.384 e. The van der Waals surface area contributed by atoms with Gasteiger partial charge in [-0.15, -0.1) is 0 Å². The number of thiol groups is 1. The van der Waals surface area contributed by atoms with E-state index in [2.05, 4.69) is 40.0 Å². The lowest BCUT2D eigenvalue weighted by Gasteiger charge is -2.15. The summed E-state index contributed by atoms with van der Waals surface area (Å²) in [7, 11) is 0. The third-order valence-electron chi connectivity index (χ3n) is 4.82. The maximum Gasteiger partial charge on any atom is 0.257 e. The lowest BCUT2D eigenvalue weighted by Crippen LogP contribution is -2.16. The number of anilines is 2. The topological polar surface area (TPSA) is 80.9 Å². The van der Waals surface area contributed by atoms with Gasteiger partial charge in [-0.05, 0) is 72.4 Å². The fourth-order valence-electron chi connectivity index (χ4n) is 3.47. The molecule has 1 aliphatic carbocycles. The molecule has 0 fully saturated rings. The first-order valence-corrected chi connectivity index (χ1v) is 9.41. The number of nitrogens with zero attached hydrogens (tertiary/aromatic N) is 2. The molecule has 1 amide bonds. The molecular formula is C21H20N4OS. The van der Waals surface area contributed by atoms with Crippen LogP contribution in [0.2, 0.25) is 0 Å². The lowest BCUT2D eigenvalue weighted by molar-refractivity contribution is 0.102. The Morgan fingerprint density at radius 2 is 1.93 bits per heavy atom. The first-order valence-electron chi connectivity index (χ1n) is 8.89. The highest BCUT2D eigenvalue weighted by atomic mass is 32.1. The second-order valence-corrected chi connectivity index (χ2v) is 7.16. The fraction of sp³-hybridized carbons (Fsp3) is 0.190. The van der Waals surface area contributed by atoms with Crippen molar-refractivity contribution in [1.82, 2.24) is 9.97 Å². The molecule has 136 valence electrons. The number of rotatable bonds is 4. The van der Waals surface area contributed by atoms with Gasteiger partial charge in [0.05, 0.1) is 16.5 Å². The summed E-state index contributed by atoms with van der Waals surface area (Å²) in [6.07, 6.45) is 6.65. The quantitative estimate of drug-likeness (QED) is 0.605. The Morgan fingerprint density at radius 3 is 2.78 bits per heavy atom. The van der Waals surface area contributed by atoms with Gasteiger partial charge < -0.3 is 11.1 Å². The van der Waals surface area contributed by atoms with E-state index in [0.29, 0.717) is 17.1 Å². The van der Waals surface area contributed by atoms with Crippen molar-refractivity contribution in [3.8, 4) is 0 Å². The molecule has 5 nitrogen and oxygen atoms in total. The highest BCUT2D eigenvalue weighted by molar-refractivity contribution is 7.80. The Bertz CT molecular complexity index is 1000. The molecule has 1 aromatic carbocycles. The number of fused-ring (bicyclic) bond motifs is 1. The van der Waals surface area contributed by atoms with Crippen LogP contribution in [0.25, 0.3) is 0 Å². The average molecular weight is 376 g/mol. The van der Waals surface area contributed by atoms with Crippen LogP contribution in [-0.2, 0) is 12.8 Å². The van der Waals surface area contributed by atoms with Crippen molar-refractivity contribution >= 4 is 30.0 Å². The van der Waals surface area contributed by atoms with Crippen molar-refractivity contribution in [2.75, 3.05) is 11.1 Å². The molecule has 3 aromatic rings. The monoisotopic (exact) mass is 376 g/mol. The summed E-state index contributed by atoms with van der Waals surface area (Å²) in [5, 5.41) is 2.62. The number of carbonyl (C=O) groups excluding carboxylic acids is 1. The summed E-state index contributed by atoms with van der Waals surface area (Å²) in [5.41, 5.74) is 11.2. The standard InChI is InChI=1S/C21H20N4OS/c22-18-12-15(8-10-23-18)20(27)19-17(5-2-9-24-19)21(26)25-16-7-6-13-3-1-4-14(13)11-16/h2,5-12,20,27H,1,3-4H2,(H2,22,23)(H,25,26). The number of aryl methyl sites for hydroxylation is 2. The molecule has 1 unspecified atom stereocenters. The van der Waals surface area contributed by atoms with Crippen molar-refractivity contribution in [1.29, 1.82) is 0 Å². The van der Waals surface area contributed by atoms with E-state index in [0.717, 1.165) is 24.1 Å². The van der Waals surface area contributed by atoms with E-state index in [4.69, 9.17) is 5.73 Å². The molecule has 1 aliphatic rings. The van der Waals surface area contributed by atoms with Crippen LogP contribution in [0.1, 0.15) is 44.4 Å². The number of hydrogen-bond acceptors (Lipinski definition) is 5. The molecule has 0 saturated carbocycles. The molecule has 6 heteroatoms. The van der Waals surface area contributed by atoms with E-state index >= 15 is 0 Å². The molecule has 0 saturated heterocycles. The van der Waals surface area contributed by atoms with Gasteiger partial charge in [-0.3, -0.25) is 9.78 Å². The highest BCUT2D eigenvalue weighted by Crippen LogP contribution is 2.30. The molecule has 27 heavy (non-hydrogen) atoms. The number of pyridine rings is 2. The van der Waals surface area contributed by atoms with Crippen molar-refractivity contribution in [3.05, 3.63) is 82.8 Å². The average Bonchev–Trinajstić information content (AvgIpc) is 3.15. The Kier molecular flexibility index (Phi) is 4.81. The molecule has 3 N–H and O–H groups in total. The lowest BCUT2D eigenvalue weighted by atomic mass is 10.0. The summed E-state index contributed by atoms with van der Waals surface area (Å²) >= 11 is 4.67. The van der Waals surface area contributed by atoms with Crippen molar-refractivity contribution in [3.63, 3.8) is 0 Å². The third kappa shape index (κ3) is 3.66. The van der Waals surface area contributed by atoms with Gasteiger partial charge in [0.1, 0.15) is 5.82 Å². The predicted molar refractivity (Wildman–Crippen MR) is 110 cm³/mol. The summed E-state index contributed by atoms with van der Waals surface area (Å²) in [6, 6.07) is 13.2. The van der Waals surface area contributed by atoms with Crippen molar-refractivity contribution in [2.24, 2.45) is 0 Å². The molecular weight excluding hydrogens is 356 g/mol. The van der Waals surface area contributed by atoms with Gasteiger partial charge in [-0.25, -0.2) is 4.98 Å². The number of amides is 1. The first-order chi connectivity index (χ1) is 13.1. The van der Waals surface area contributed by atoms with E-state index in [-0.39, 0.29) is 11.2 Å². The van der Waals surface area contributed by atoms with Crippen LogP contribution < -0.4 is 11.1 Å². The van der Waals surface area contributed by atoms with Gasteiger partial charge in [0.2, 0.25) is 0 Å². The molecule has 0 aliphatic heterocycles. The first kappa shape index (κ1) is 17.5. The zero-order valence-electron chi connectivity index (χ0n) is 14.7. The normalized spacial score (nSPS) is 13.8. The number of benzene rings is 1. The van der Waals surface area contributed by atoms with Crippen LogP contribution in [0.4, 0.5) is 11.5 Å².